The zero-order chi connectivity index (χ0) is 23.8. The van der Waals surface area contributed by atoms with Gasteiger partial charge in [-0.1, -0.05) is 99.8 Å². The van der Waals surface area contributed by atoms with Crippen LogP contribution in [-0.4, -0.2) is 8.07 Å². The fraction of sp³-hybridized carbons (Fsp3) is 0.484. The molecule has 0 bridgehead atoms. The fourth-order valence-corrected chi connectivity index (χ4v) is 14.9. The minimum atomic E-state index is -1.58. The Kier molecular flexibility index (Phi) is 11.6. The molecule has 1 aromatic carbocycles. The Morgan fingerprint density at radius 3 is 1.80 bits per heavy atom. The first-order valence-corrected chi connectivity index (χ1v) is 22.0. The Balaban J connectivity index is 0.000000823. The van der Waals surface area contributed by atoms with Gasteiger partial charge in [-0.3, -0.25) is 0 Å². The molecule has 0 nitrogen and oxygen atoms in total. The molecule has 0 N–H and O–H groups in total. The van der Waals surface area contributed by atoms with E-state index in [2.05, 4.69) is 107 Å². The van der Waals surface area contributed by atoms with Crippen molar-refractivity contribution in [2.45, 2.75) is 57.3 Å². The van der Waals surface area contributed by atoms with Crippen molar-refractivity contribution in [3.63, 3.8) is 0 Å². The number of aryl methyl sites for hydroxylation is 1. The van der Waals surface area contributed by atoms with Crippen LogP contribution < -0.4 is 0 Å². The van der Waals surface area contributed by atoms with Gasteiger partial charge in [0.25, 0.3) is 0 Å². The van der Waals surface area contributed by atoms with Crippen LogP contribution in [0, 0.1) is 57.3 Å². The van der Waals surface area contributed by atoms with E-state index in [1.807, 2.05) is 0 Å². The van der Waals surface area contributed by atoms with Gasteiger partial charge in [0.05, 0.1) is 8.07 Å². The summed E-state index contributed by atoms with van der Waals surface area (Å²) in [6.45, 7) is 13.0. The van der Waals surface area contributed by atoms with Crippen LogP contribution in [0.5, 0.6) is 0 Å². The molecule has 8 atom stereocenters. The van der Waals surface area contributed by atoms with Crippen LogP contribution in [0.25, 0.3) is 0 Å². The third kappa shape index (κ3) is 5.82. The van der Waals surface area contributed by atoms with E-state index in [1.165, 1.54) is 12.0 Å². The van der Waals surface area contributed by atoms with E-state index in [4.69, 9.17) is 17.0 Å². The van der Waals surface area contributed by atoms with Crippen LogP contribution in [0.15, 0.2) is 72.9 Å². The van der Waals surface area contributed by atoms with Crippen LogP contribution in [0.2, 0.25) is 24.2 Å². The molecule has 0 radical (unpaired) electrons. The Morgan fingerprint density at radius 1 is 0.771 bits per heavy atom. The molecule has 0 heterocycles. The standard InChI is InChI=1S/C29H38Si.2CH3.2ClH.Zr/c1-19-12-6-8-14-23(19)27-18-22-13-7-9-17-26(22)29(27)30(4,5)28-20(2)24-15-10-11-16-25(24)21(28)3;;;;;/h6-17,20-22,24-29H,18H2,1-5H3;2*1H3;2*1H;/q;2*-1;;;+4/p-2. The molecule has 8 unspecified atom stereocenters. The summed E-state index contributed by atoms with van der Waals surface area (Å²) in [6, 6.07) is 9.25. The fourth-order valence-electron chi connectivity index (χ4n) is 8.57. The van der Waals surface area contributed by atoms with Crippen LogP contribution >= 0.6 is 17.0 Å². The first-order chi connectivity index (χ1) is 15.8. The molecule has 190 valence electrons. The predicted octanol–water partition coefficient (Wildman–Crippen LogP) is 10.2. The topological polar surface area (TPSA) is 0 Å². The molecular formula is C31H44Cl2SiZr. The van der Waals surface area contributed by atoms with Crippen LogP contribution in [-0.2, 0) is 20.8 Å². The van der Waals surface area contributed by atoms with Crippen molar-refractivity contribution in [3.05, 3.63) is 98.9 Å². The monoisotopic (exact) mass is 604 g/mol. The second kappa shape index (κ2) is 13.1. The summed E-state index contributed by atoms with van der Waals surface area (Å²) in [6.07, 6.45) is 20.7. The van der Waals surface area contributed by atoms with Gasteiger partial charge in [0.2, 0.25) is 0 Å². The Labute approximate surface area is 236 Å². The molecule has 4 aliphatic carbocycles. The van der Waals surface area contributed by atoms with Crippen LogP contribution in [0.4, 0.5) is 0 Å². The summed E-state index contributed by atoms with van der Waals surface area (Å²) in [5.74, 6) is 5.26. The van der Waals surface area contributed by atoms with E-state index < -0.39 is 28.9 Å². The zero-order valence-electron chi connectivity index (χ0n) is 22.6. The molecule has 4 heteroatoms. The Hall–Kier alpha value is -0.140. The van der Waals surface area contributed by atoms with Crippen molar-refractivity contribution in [1.82, 2.24) is 0 Å². The summed E-state index contributed by atoms with van der Waals surface area (Å²) < 4.78 is 0. The molecule has 0 aliphatic heterocycles. The van der Waals surface area contributed by atoms with E-state index in [9.17, 15) is 0 Å². The molecule has 2 saturated carbocycles. The van der Waals surface area contributed by atoms with Crippen molar-refractivity contribution in [2.75, 3.05) is 0 Å². The number of hydrogen-bond donors (Lipinski definition) is 0. The third-order valence-corrected chi connectivity index (χ3v) is 14.8. The molecule has 0 aromatic heterocycles. The Morgan fingerprint density at radius 2 is 1.26 bits per heavy atom. The van der Waals surface area contributed by atoms with E-state index in [0.29, 0.717) is 5.92 Å². The quantitative estimate of drug-likeness (QED) is 0.237. The van der Waals surface area contributed by atoms with Gasteiger partial charge >= 0.3 is 37.9 Å². The van der Waals surface area contributed by atoms with Crippen molar-refractivity contribution in [1.29, 1.82) is 0 Å². The molecule has 2 fully saturated rings. The van der Waals surface area contributed by atoms with E-state index in [-0.39, 0.29) is 14.9 Å². The first kappa shape index (κ1) is 31.1. The normalized spacial score (nSPS) is 36.1. The van der Waals surface area contributed by atoms with Gasteiger partial charge in [0.1, 0.15) is 0 Å². The number of rotatable bonds is 3. The maximum atomic E-state index is 4.93. The molecular weight excluding hydrogens is 563 g/mol. The third-order valence-electron chi connectivity index (χ3n) is 9.55. The average Bonchev–Trinajstić information content (AvgIpc) is 3.31. The maximum absolute atomic E-state index is 4.93. The summed E-state index contributed by atoms with van der Waals surface area (Å²) in [5.41, 5.74) is 4.84. The molecule has 5 rings (SSSR count). The van der Waals surface area contributed by atoms with Gasteiger partial charge in [-0.25, -0.2) is 0 Å². The number of fused-ring (bicyclic) bond motifs is 2. The second-order valence-corrected chi connectivity index (χ2v) is 20.0. The van der Waals surface area contributed by atoms with Crippen molar-refractivity contribution in [2.24, 2.45) is 35.5 Å². The van der Waals surface area contributed by atoms with Gasteiger partial charge in [-0.05, 0) is 77.0 Å². The summed E-state index contributed by atoms with van der Waals surface area (Å²) in [5, 5.41) is 0. The minimum absolute atomic E-state index is 0. The van der Waals surface area contributed by atoms with Crippen LogP contribution in [0.1, 0.15) is 37.3 Å². The SMILES string of the molecule is Cc1ccccc1C1CC2C=CC=CC2C1[Si](C)(C)C1C(C)C2C=CC=CC2C1C.[CH3-].[CH3-].[Cl][Zr+2][Cl]. The number of hydrogen-bond acceptors (Lipinski definition) is 0. The second-order valence-electron chi connectivity index (χ2n) is 11.3. The molecule has 0 saturated heterocycles. The van der Waals surface area contributed by atoms with E-state index in [0.717, 1.165) is 46.6 Å². The zero-order valence-corrected chi connectivity index (χ0v) is 27.6. The van der Waals surface area contributed by atoms with E-state index >= 15 is 0 Å². The Bertz CT molecular complexity index is 925. The number of allylic oxidation sites excluding steroid dienone is 8. The summed E-state index contributed by atoms with van der Waals surface area (Å²) in [7, 11) is 8.29. The van der Waals surface area contributed by atoms with Gasteiger partial charge < -0.3 is 14.9 Å². The number of benzene rings is 1. The van der Waals surface area contributed by atoms with Crippen molar-refractivity contribution < 1.29 is 20.8 Å². The molecule has 35 heavy (non-hydrogen) atoms. The number of halogens is 2. The van der Waals surface area contributed by atoms with Crippen molar-refractivity contribution >= 4 is 25.1 Å². The van der Waals surface area contributed by atoms with Crippen LogP contribution in [0.3, 0.4) is 0 Å². The molecule has 1 aromatic rings. The first-order valence-electron chi connectivity index (χ1n) is 12.5. The van der Waals surface area contributed by atoms with Gasteiger partial charge in [-0.15, -0.1) is 0 Å². The van der Waals surface area contributed by atoms with Gasteiger partial charge in [0, 0.05) is 0 Å². The molecule has 4 aliphatic rings. The molecule has 0 amide bonds. The predicted molar refractivity (Wildman–Crippen MR) is 157 cm³/mol. The molecule has 0 spiro atoms. The van der Waals surface area contributed by atoms with Gasteiger partial charge in [-0.2, -0.15) is 0 Å². The average molecular weight is 607 g/mol. The van der Waals surface area contributed by atoms with Crippen molar-refractivity contribution in [3.8, 4) is 0 Å². The summed E-state index contributed by atoms with van der Waals surface area (Å²) >= 11 is -0.826. The summed E-state index contributed by atoms with van der Waals surface area (Å²) in [4.78, 5) is 0. The van der Waals surface area contributed by atoms with E-state index in [1.54, 1.807) is 5.56 Å². The van der Waals surface area contributed by atoms with Gasteiger partial charge in [0.15, 0.2) is 0 Å².